The third-order valence-electron chi connectivity index (χ3n) is 4.84. The Morgan fingerprint density at radius 1 is 1.20 bits per heavy atom. The molecule has 1 amide bonds. The minimum atomic E-state index is -0.296. The lowest BCUT2D eigenvalue weighted by atomic mass is 10.1. The number of esters is 1. The third kappa shape index (κ3) is 4.49. The number of nitrogens with zero attached hydrogens (tertiary/aromatic N) is 2. The first kappa shape index (κ1) is 17.7. The Morgan fingerprint density at radius 2 is 1.88 bits per heavy atom. The fraction of sp³-hybridized carbons (Fsp3) is 0.556. The van der Waals surface area contributed by atoms with Crippen LogP contribution < -0.4 is 15.5 Å². The van der Waals surface area contributed by atoms with Crippen LogP contribution in [-0.4, -0.2) is 62.4 Å². The number of amides is 1. The maximum absolute atomic E-state index is 12.0. The highest BCUT2D eigenvalue weighted by atomic mass is 16.5. The third-order valence-corrected chi connectivity index (χ3v) is 4.84. The van der Waals surface area contributed by atoms with E-state index >= 15 is 0 Å². The van der Waals surface area contributed by atoms with Crippen molar-refractivity contribution in [2.75, 3.05) is 38.2 Å². The molecule has 0 aliphatic carbocycles. The van der Waals surface area contributed by atoms with E-state index in [9.17, 15) is 9.59 Å². The van der Waals surface area contributed by atoms with Gasteiger partial charge in [0.25, 0.3) is 0 Å². The molecule has 3 rings (SSSR count). The monoisotopic (exact) mass is 346 g/mol. The highest BCUT2D eigenvalue weighted by Gasteiger charge is 2.32. The van der Waals surface area contributed by atoms with Gasteiger partial charge in [0.15, 0.2) is 0 Å². The summed E-state index contributed by atoms with van der Waals surface area (Å²) in [6.45, 7) is 5.58. The van der Waals surface area contributed by atoms with Crippen LogP contribution >= 0.6 is 0 Å². The fourth-order valence-corrected chi connectivity index (χ4v) is 3.37. The molecular weight excluding hydrogens is 320 g/mol. The van der Waals surface area contributed by atoms with Crippen LogP contribution in [0.25, 0.3) is 0 Å². The van der Waals surface area contributed by atoms with Crippen molar-refractivity contribution in [1.29, 1.82) is 0 Å². The first-order valence-electron chi connectivity index (χ1n) is 8.73. The van der Waals surface area contributed by atoms with Gasteiger partial charge in [0.2, 0.25) is 5.91 Å². The number of carbonyl (C=O) groups is 2. The summed E-state index contributed by atoms with van der Waals surface area (Å²) in [5.41, 5.74) is 2.49. The summed E-state index contributed by atoms with van der Waals surface area (Å²) >= 11 is 0. The SMILES string of the molecule is COC(=O)CC1CC(=O)NC(N2CCN(c3ccc(C)cc3)CC2)N1. The van der Waals surface area contributed by atoms with Crippen LogP contribution in [-0.2, 0) is 14.3 Å². The van der Waals surface area contributed by atoms with Crippen LogP contribution in [0.15, 0.2) is 24.3 Å². The number of ether oxygens (including phenoxy) is 1. The number of carbonyl (C=O) groups excluding carboxylic acids is 2. The second-order valence-electron chi connectivity index (χ2n) is 6.68. The smallest absolute Gasteiger partial charge is 0.307 e. The maximum Gasteiger partial charge on any atom is 0.307 e. The molecule has 0 bridgehead atoms. The van der Waals surface area contributed by atoms with E-state index in [1.54, 1.807) is 0 Å². The number of nitrogens with one attached hydrogen (secondary N) is 2. The molecule has 136 valence electrons. The van der Waals surface area contributed by atoms with Crippen molar-refractivity contribution < 1.29 is 14.3 Å². The molecule has 2 heterocycles. The molecule has 7 nitrogen and oxygen atoms in total. The minimum absolute atomic E-state index is 0.0291. The van der Waals surface area contributed by atoms with Gasteiger partial charge in [-0.25, -0.2) is 0 Å². The Bertz CT molecular complexity index is 611. The molecule has 0 radical (unpaired) electrons. The molecule has 2 aliphatic heterocycles. The van der Waals surface area contributed by atoms with Gasteiger partial charge in [-0.2, -0.15) is 0 Å². The number of anilines is 1. The summed E-state index contributed by atoms with van der Waals surface area (Å²) in [6.07, 6.45) is 0.287. The average molecular weight is 346 g/mol. The van der Waals surface area contributed by atoms with E-state index < -0.39 is 0 Å². The Labute approximate surface area is 148 Å². The molecule has 0 saturated carbocycles. The summed E-state index contributed by atoms with van der Waals surface area (Å²) < 4.78 is 4.71. The van der Waals surface area contributed by atoms with Crippen LogP contribution in [0.4, 0.5) is 5.69 Å². The fourth-order valence-electron chi connectivity index (χ4n) is 3.37. The van der Waals surface area contributed by atoms with Gasteiger partial charge in [0.1, 0.15) is 6.29 Å². The van der Waals surface area contributed by atoms with Crippen LogP contribution in [0, 0.1) is 6.92 Å². The standard InChI is InChI=1S/C18H26N4O3/c1-13-3-5-15(6-4-13)21-7-9-22(10-8-21)18-19-14(11-16(23)20-18)12-17(24)25-2/h3-6,14,18-19H,7-12H2,1-2H3,(H,20,23). The number of methoxy groups -OCH3 is 1. The van der Waals surface area contributed by atoms with Crippen molar-refractivity contribution in [3.05, 3.63) is 29.8 Å². The number of piperazine rings is 1. The van der Waals surface area contributed by atoms with E-state index in [4.69, 9.17) is 4.74 Å². The van der Waals surface area contributed by atoms with Crippen molar-refractivity contribution in [2.45, 2.75) is 32.1 Å². The van der Waals surface area contributed by atoms with Crippen molar-refractivity contribution in [3.63, 3.8) is 0 Å². The quantitative estimate of drug-likeness (QED) is 0.771. The summed E-state index contributed by atoms with van der Waals surface area (Å²) in [5.74, 6) is -0.325. The maximum atomic E-state index is 12.0. The van der Waals surface area contributed by atoms with Gasteiger partial charge in [-0.05, 0) is 19.1 Å². The van der Waals surface area contributed by atoms with Gasteiger partial charge < -0.3 is 15.0 Å². The van der Waals surface area contributed by atoms with E-state index in [-0.39, 0.29) is 30.6 Å². The Balaban J connectivity index is 1.55. The predicted octanol–water partition coefficient (Wildman–Crippen LogP) is 0.442. The van der Waals surface area contributed by atoms with Crippen LogP contribution in [0.2, 0.25) is 0 Å². The molecule has 2 aliphatic rings. The molecule has 25 heavy (non-hydrogen) atoms. The number of rotatable bonds is 4. The first-order chi connectivity index (χ1) is 12.0. The lowest BCUT2D eigenvalue weighted by Crippen LogP contribution is -2.66. The second kappa shape index (κ2) is 7.84. The normalized spacial score (nSPS) is 24.7. The number of benzene rings is 1. The molecule has 1 aromatic carbocycles. The molecule has 7 heteroatoms. The zero-order chi connectivity index (χ0) is 17.8. The number of aryl methyl sites for hydroxylation is 1. The van der Waals surface area contributed by atoms with Gasteiger partial charge in [-0.1, -0.05) is 17.7 Å². The van der Waals surface area contributed by atoms with Gasteiger partial charge >= 0.3 is 5.97 Å². The van der Waals surface area contributed by atoms with Crippen LogP contribution in [0.3, 0.4) is 0 Å². The Hall–Kier alpha value is -2.12. The summed E-state index contributed by atoms with van der Waals surface area (Å²) in [4.78, 5) is 28.0. The van der Waals surface area contributed by atoms with E-state index in [2.05, 4.69) is 51.6 Å². The van der Waals surface area contributed by atoms with Crippen molar-refractivity contribution >= 4 is 17.6 Å². The topological polar surface area (TPSA) is 73.9 Å². The predicted molar refractivity (Wildman–Crippen MR) is 95.1 cm³/mol. The largest absolute Gasteiger partial charge is 0.469 e. The van der Waals surface area contributed by atoms with Crippen molar-refractivity contribution in [2.24, 2.45) is 0 Å². The second-order valence-corrected chi connectivity index (χ2v) is 6.68. The highest BCUT2D eigenvalue weighted by molar-refractivity contribution is 5.79. The molecule has 2 unspecified atom stereocenters. The molecule has 0 spiro atoms. The highest BCUT2D eigenvalue weighted by Crippen LogP contribution is 2.18. The zero-order valence-electron chi connectivity index (χ0n) is 14.8. The van der Waals surface area contributed by atoms with E-state index in [1.165, 1.54) is 18.4 Å². The molecule has 2 atom stereocenters. The van der Waals surface area contributed by atoms with E-state index in [1.807, 2.05) is 0 Å². The summed E-state index contributed by atoms with van der Waals surface area (Å²) in [6, 6.07) is 8.38. The Morgan fingerprint density at radius 3 is 2.52 bits per heavy atom. The number of hydrogen-bond donors (Lipinski definition) is 2. The molecule has 0 aromatic heterocycles. The first-order valence-corrected chi connectivity index (χ1v) is 8.73. The van der Waals surface area contributed by atoms with Gasteiger partial charge in [0.05, 0.1) is 13.5 Å². The van der Waals surface area contributed by atoms with Crippen molar-refractivity contribution in [3.8, 4) is 0 Å². The lowest BCUT2D eigenvalue weighted by molar-refractivity contribution is -0.142. The van der Waals surface area contributed by atoms with Crippen LogP contribution in [0.1, 0.15) is 18.4 Å². The van der Waals surface area contributed by atoms with Crippen LogP contribution in [0.5, 0.6) is 0 Å². The summed E-state index contributed by atoms with van der Waals surface area (Å²) in [5, 5.41) is 6.33. The molecule has 1 aromatic rings. The average Bonchev–Trinajstić information content (AvgIpc) is 2.62. The lowest BCUT2D eigenvalue weighted by Gasteiger charge is -2.43. The Kier molecular flexibility index (Phi) is 5.55. The van der Waals surface area contributed by atoms with E-state index in [0.29, 0.717) is 6.42 Å². The van der Waals surface area contributed by atoms with Crippen molar-refractivity contribution in [1.82, 2.24) is 15.5 Å². The zero-order valence-corrected chi connectivity index (χ0v) is 14.8. The van der Waals surface area contributed by atoms with E-state index in [0.717, 1.165) is 26.2 Å². The minimum Gasteiger partial charge on any atom is -0.469 e. The number of hydrogen-bond acceptors (Lipinski definition) is 6. The molecule has 2 fully saturated rings. The molecular formula is C18H26N4O3. The van der Waals surface area contributed by atoms with Gasteiger partial charge in [-0.3, -0.25) is 19.8 Å². The molecule has 2 N–H and O–H groups in total. The van der Waals surface area contributed by atoms with Gasteiger partial charge in [-0.15, -0.1) is 0 Å². The summed E-state index contributed by atoms with van der Waals surface area (Å²) in [7, 11) is 1.37. The molecule has 2 saturated heterocycles. The van der Waals surface area contributed by atoms with Gasteiger partial charge in [0, 0.05) is 44.3 Å².